The van der Waals surface area contributed by atoms with Crippen molar-refractivity contribution in [3.63, 3.8) is 0 Å². The van der Waals surface area contributed by atoms with Crippen LogP contribution in [0.2, 0.25) is 0 Å². The Morgan fingerprint density at radius 3 is 1.04 bits per heavy atom. The predicted molar refractivity (Wildman–Crippen MR) is 86.1 cm³/mol. The van der Waals surface area contributed by atoms with Crippen LogP contribution >= 0.6 is 12.6 Å². The molecule has 0 saturated heterocycles. The fourth-order valence-electron chi connectivity index (χ4n) is 1.85. The Morgan fingerprint density at radius 1 is 0.609 bits per heavy atom. The van der Waals surface area contributed by atoms with Crippen molar-refractivity contribution in [1.29, 1.82) is 0 Å². The molecule has 23 heavy (non-hydrogen) atoms. The smallest absolute Gasteiger partial charge is 0.177 e. The molecular weight excluding hydrogens is 408 g/mol. The van der Waals surface area contributed by atoms with Gasteiger partial charge in [-0.25, -0.2) is 33.7 Å². The largest absolute Gasteiger partial charge is 0.224 e. The summed E-state index contributed by atoms with van der Waals surface area (Å²) in [5.41, 5.74) is 0. The van der Waals surface area contributed by atoms with Gasteiger partial charge in [-0.2, -0.15) is 0 Å². The standard InChI is InChI=1S/C10H14O8S5/c1-20(11,12)6-5-7(21(2,13)14)10(23(4,17)18)8(19)9(6)22(3,15)16/h5,19H,1-4H3. The highest BCUT2D eigenvalue weighted by molar-refractivity contribution is 7.95. The van der Waals surface area contributed by atoms with Gasteiger partial charge in [0, 0.05) is 29.9 Å². The Bertz CT molecular complexity index is 1000. The fraction of sp³-hybridized carbons (Fsp3) is 0.400. The molecule has 1 aromatic carbocycles. The molecule has 0 N–H and O–H groups in total. The Kier molecular flexibility index (Phi) is 5.08. The summed E-state index contributed by atoms with van der Waals surface area (Å²) in [6, 6.07) is 0.539. The quantitative estimate of drug-likeness (QED) is 0.647. The minimum atomic E-state index is -4.21. The summed E-state index contributed by atoms with van der Waals surface area (Å²) >= 11 is 3.81. The second kappa shape index (κ2) is 5.72. The van der Waals surface area contributed by atoms with Crippen molar-refractivity contribution in [1.82, 2.24) is 0 Å². The monoisotopic (exact) mass is 422 g/mol. The summed E-state index contributed by atoms with van der Waals surface area (Å²) in [5.74, 6) is 0. The molecule has 0 spiro atoms. The number of hydrogen-bond acceptors (Lipinski definition) is 9. The van der Waals surface area contributed by atoms with E-state index in [1.807, 2.05) is 0 Å². The highest BCUT2D eigenvalue weighted by Gasteiger charge is 2.33. The molecule has 1 rings (SSSR count). The molecule has 132 valence electrons. The first kappa shape index (κ1) is 20.4. The van der Waals surface area contributed by atoms with Crippen molar-refractivity contribution in [2.75, 3.05) is 25.0 Å². The van der Waals surface area contributed by atoms with E-state index in [4.69, 9.17) is 0 Å². The van der Waals surface area contributed by atoms with E-state index in [-0.39, 0.29) is 0 Å². The van der Waals surface area contributed by atoms with Crippen molar-refractivity contribution < 1.29 is 33.7 Å². The molecule has 0 bridgehead atoms. The fourth-order valence-corrected chi connectivity index (χ4v) is 8.49. The SMILES string of the molecule is CS(=O)(=O)c1cc(S(C)(=O)=O)c(S(C)(=O)=O)c(S)c1S(C)(=O)=O. The zero-order valence-electron chi connectivity index (χ0n) is 12.4. The molecule has 13 heteroatoms. The molecule has 1 aromatic rings. The molecule has 0 amide bonds. The molecule has 0 aromatic heterocycles. The van der Waals surface area contributed by atoms with Crippen LogP contribution in [-0.2, 0) is 39.3 Å². The summed E-state index contributed by atoms with van der Waals surface area (Å²) in [6.07, 6.45) is 2.69. The van der Waals surface area contributed by atoms with Crippen LogP contribution in [0.4, 0.5) is 0 Å². The first-order valence-corrected chi connectivity index (χ1v) is 13.6. The predicted octanol–water partition coefficient (Wildman–Crippen LogP) is -0.411. The maximum Gasteiger partial charge on any atom is 0.177 e. The molecule has 0 unspecified atom stereocenters. The van der Waals surface area contributed by atoms with Crippen LogP contribution in [0.15, 0.2) is 30.5 Å². The molecule has 0 aliphatic rings. The molecule has 0 aliphatic carbocycles. The van der Waals surface area contributed by atoms with Gasteiger partial charge in [0.2, 0.25) is 0 Å². The molecule has 0 saturated carbocycles. The lowest BCUT2D eigenvalue weighted by molar-refractivity contribution is 0.573. The maximum atomic E-state index is 11.9. The molecule has 0 heterocycles. The Labute approximate surface area is 141 Å². The van der Waals surface area contributed by atoms with Gasteiger partial charge in [-0.3, -0.25) is 0 Å². The van der Waals surface area contributed by atoms with Crippen molar-refractivity contribution in [3.8, 4) is 0 Å². The van der Waals surface area contributed by atoms with Crippen LogP contribution in [0.5, 0.6) is 0 Å². The summed E-state index contributed by atoms with van der Waals surface area (Å²) in [4.78, 5) is -4.08. The minimum Gasteiger partial charge on any atom is -0.224 e. The summed E-state index contributed by atoms with van der Waals surface area (Å²) in [7, 11) is -16.8. The van der Waals surface area contributed by atoms with E-state index in [9.17, 15) is 33.7 Å². The highest BCUT2D eigenvalue weighted by Crippen LogP contribution is 2.37. The van der Waals surface area contributed by atoms with Gasteiger partial charge in [-0.15, -0.1) is 12.6 Å². The van der Waals surface area contributed by atoms with Gasteiger partial charge in [0.15, 0.2) is 39.3 Å². The van der Waals surface area contributed by atoms with Crippen molar-refractivity contribution in [2.45, 2.75) is 24.5 Å². The van der Waals surface area contributed by atoms with Crippen LogP contribution in [0.1, 0.15) is 0 Å². The molecule has 0 fully saturated rings. The third-order valence-electron chi connectivity index (χ3n) is 2.68. The van der Waals surface area contributed by atoms with Gasteiger partial charge in [0.25, 0.3) is 0 Å². The lowest BCUT2D eigenvalue weighted by atomic mass is 10.3. The maximum absolute atomic E-state index is 11.9. The first-order valence-electron chi connectivity index (χ1n) is 5.58. The van der Waals surface area contributed by atoms with E-state index in [1.165, 1.54) is 0 Å². The van der Waals surface area contributed by atoms with E-state index < -0.39 is 63.8 Å². The lowest BCUT2D eigenvalue weighted by Crippen LogP contribution is -2.16. The zero-order valence-corrected chi connectivity index (χ0v) is 16.6. The Balaban J connectivity index is 4.46. The highest BCUT2D eigenvalue weighted by atomic mass is 32.2. The van der Waals surface area contributed by atoms with E-state index in [1.54, 1.807) is 0 Å². The minimum absolute atomic E-state index is 0.539. The first-order chi connectivity index (χ1) is 9.88. The average Bonchev–Trinajstić information content (AvgIpc) is 2.20. The number of benzene rings is 1. The number of thiol groups is 1. The van der Waals surface area contributed by atoms with Crippen molar-refractivity contribution in [3.05, 3.63) is 6.07 Å². The van der Waals surface area contributed by atoms with E-state index in [2.05, 4.69) is 12.6 Å². The van der Waals surface area contributed by atoms with Crippen LogP contribution in [0, 0.1) is 0 Å². The summed E-state index contributed by atoms with van der Waals surface area (Å²) < 4.78 is 95.0. The van der Waals surface area contributed by atoms with Gasteiger partial charge in [0.1, 0.15) is 0 Å². The van der Waals surface area contributed by atoms with E-state index in [0.717, 1.165) is 0 Å². The second-order valence-electron chi connectivity index (χ2n) is 4.97. The van der Waals surface area contributed by atoms with Gasteiger partial charge < -0.3 is 0 Å². The number of rotatable bonds is 4. The zero-order chi connectivity index (χ0) is 18.6. The molecule has 0 atom stereocenters. The Hall–Kier alpha value is -0.630. The van der Waals surface area contributed by atoms with Gasteiger partial charge in [0.05, 0.1) is 19.6 Å². The molecular formula is C10H14O8S5. The van der Waals surface area contributed by atoms with Crippen molar-refractivity contribution in [2.24, 2.45) is 0 Å². The number of hydrogen-bond donors (Lipinski definition) is 1. The average molecular weight is 423 g/mol. The number of sulfone groups is 4. The van der Waals surface area contributed by atoms with E-state index in [0.29, 0.717) is 31.1 Å². The summed E-state index contributed by atoms with van der Waals surface area (Å²) in [6.45, 7) is 0. The van der Waals surface area contributed by atoms with Crippen LogP contribution in [0.25, 0.3) is 0 Å². The lowest BCUT2D eigenvalue weighted by Gasteiger charge is -2.16. The summed E-state index contributed by atoms with van der Waals surface area (Å²) in [5, 5.41) is 0. The van der Waals surface area contributed by atoms with E-state index >= 15 is 0 Å². The van der Waals surface area contributed by atoms with Crippen LogP contribution in [-0.4, -0.2) is 58.7 Å². The topological polar surface area (TPSA) is 137 Å². The normalized spacial score (nSPS) is 14.0. The second-order valence-corrected chi connectivity index (χ2v) is 13.3. The Morgan fingerprint density at radius 2 is 0.870 bits per heavy atom. The molecule has 0 radical (unpaired) electrons. The van der Waals surface area contributed by atoms with Crippen LogP contribution in [0.3, 0.4) is 0 Å². The third kappa shape index (κ3) is 4.26. The van der Waals surface area contributed by atoms with Gasteiger partial charge in [-0.1, -0.05) is 0 Å². The molecule has 8 nitrogen and oxygen atoms in total. The van der Waals surface area contributed by atoms with Gasteiger partial charge >= 0.3 is 0 Å². The van der Waals surface area contributed by atoms with Crippen molar-refractivity contribution >= 4 is 52.0 Å². The van der Waals surface area contributed by atoms with Crippen LogP contribution < -0.4 is 0 Å². The third-order valence-corrected chi connectivity index (χ3v) is 8.26. The molecule has 0 aliphatic heterocycles. The van der Waals surface area contributed by atoms with Gasteiger partial charge in [-0.05, 0) is 6.07 Å².